The molecule has 1 aromatic carbocycles. The van der Waals surface area contributed by atoms with Crippen molar-refractivity contribution in [2.45, 2.75) is 6.54 Å². The summed E-state index contributed by atoms with van der Waals surface area (Å²) >= 11 is 6.72. The van der Waals surface area contributed by atoms with Crippen molar-refractivity contribution in [2.24, 2.45) is 0 Å². The van der Waals surface area contributed by atoms with Crippen LogP contribution >= 0.6 is 31.9 Å². The van der Waals surface area contributed by atoms with Crippen LogP contribution in [0, 0.1) is 11.8 Å². The summed E-state index contributed by atoms with van der Waals surface area (Å²) in [5.74, 6) is 6.15. The molecule has 0 saturated carbocycles. The highest BCUT2D eigenvalue weighted by Crippen LogP contribution is 2.15. The highest BCUT2D eigenvalue weighted by molar-refractivity contribution is 9.11. The minimum Gasteiger partial charge on any atom is -0.245 e. The third kappa shape index (κ3) is 2.97. The Bertz CT molecular complexity index is 535. The zero-order chi connectivity index (χ0) is 11.4. The standard InChI is InChI=1S/C12H8Br2N2/c13-11-9-12(14)16(15-11)8-4-7-10-5-2-1-3-6-10/h1-3,5-6,9H,8H2. The fourth-order valence-corrected chi connectivity index (χ4v) is 2.35. The monoisotopic (exact) mass is 338 g/mol. The average Bonchev–Trinajstić information content (AvgIpc) is 2.59. The number of benzene rings is 1. The molecule has 80 valence electrons. The van der Waals surface area contributed by atoms with E-state index in [0.717, 1.165) is 14.8 Å². The van der Waals surface area contributed by atoms with Gasteiger partial charge >= 0.3 is 0 Å². The van der Waals surface area contributed by atoms with Gasteiger partial charge in [-0.1, -0.05) is 30.0 Å². The Kier molecular flexibility index (Phi) is 3.81. The predicted molar refractivity (Wildman–Crippen MR) is 70.9 cm³/mol. The molecule has 0 saturated heterocycles. The Hall–Kier alpha value is -1.05. The lowest BCUT2D eigenvalue weighted by molar-refractivity contribution is 0.694. The van der Waals surface area contributed by atoms with Gasteiger partial charge in [0.05, 0.1) is 0 Å². The molecule has 0 aliphatic heterocycles. The van der Waals surface area contributed by atoms with E-state index < -0.39 is 0 Å². The van der Waals surface area contributed by atoms with E-state index in [-0.39, 0.29) is 0 Å². The number of hydrogen-bond acceptors (Lipinski definition) is 1. The second-order valence-corrected chi connectivity index (χ2v) is 4.74. The van der Waals surface area contributed by atoms with Crippen LogP contribution in [0.15, 0.2) is 45.6 Å². The van der Waals surface area contributed by atoms with E-state index in [1.807, 2.05) is 36.4 Å². The van der Waals surface area contributed by atoms with Gasteiger partial charge in [-0.2, -0.15) is 5.10 Å². The van der Waals surface area contributed by atoms with Gasteiger partial charge in [0.15, 0.2) is 0 Å². The van der Waals surface area contributed by atoms with Crippen molar-refractivity contribution in [1.29, 1.82) is 0 Å². The van der Waals surface area contributed by atoms with Gasteiger partial charge in [0.2, 0.25) is 0 Å². The molecule has 2 rings (SSSR count). The number of hydrogen-bond donors (Lipinski definition) is 0. The van der Waals surface area contributed by atoms with Crippen LogP contribution in [0.2, 0.25) is 0 Å². The van der Waals surface area contributed by atoms with E-state index in [1.54, 1.807) is 4.68 Å². The molecule has 0 amide bonds. The quantitative estimate of drug-likeness (QED) is 0.727. The van der Waals surface area contributed by atoms with Crippen LogP contribution in [0.1, 0.15) is 5.56 Å². The molecule has 0 aliphatic rings. The van der Waals surface area contributed by atoms with Crippen molar-refractivity contribution < 1.29 is 0 Å². The van der Waals surface area contributed by atoms with Gasteiger partial charge in [-0.15, -0.1) is 0 Å². The topological polar surface area (TPSA) is 17.8 Å². The van der Waals surface area contributed by atoms with Gasteiger partial charge in [0.25, 0.3) is 0 Å². The number of aromatic nitrogens is 2. The zero-order valence-corrected chi connectivity index (χ0v) is 11.5. The van der Waals surface area contributed by atoms with Gasteiger partial charge in [0, 0.05) is 11.6 Å². The molecule has 0 radical (unpaired) electrons. The van der Waals surface area contributed by atoms with E-state index >= 15 is 0 Å². The molecule has 0 aliphatic carbocycles. The molecule has 0 fully saturated rings. The van der Waals surface area contributed by atoms with Gasteiger partial charge in [0.1, 0.15) is 15.8 Å². The fourth-order valence-electron chi connectivity index (χ4n) is 1.21. The van der Waals surface area contributed by atoms with Crippen LogP contribution in [0.3, 0.4) is 0 Å². The molecule has 16 heavy (non-hydrogen) atoms. The molecule has 0 unspecified atom stereocenters. The largest absolute Gasteiger partial charge is 0.245 e. The molecule has 2 aromatic rings. The second-order valence-electron chi connectivity index (χ2n) is 3.12. The summed E-state index contributed by atoms with van der Waals surface area (Å²) in [7, 11) is 0. The van der Waals surface area contributed by atoms with Crippen molar-refractivity contribution in [3.63, 3.8) is 0 Å². The highest BCUT2D eigenvalue weighted by Gasteiger charge is 2.00. The van der Waals surface area contributed by atoms with Crippen molar-refractivity contribution >= 4 is 31.9 Å². The van der Waals surface area contributed by atoms with E-state index in [1.165, 1.54) is 0 Å². The first kappa shape index (κ1) is 11.4. The Morgan fingerprint density at radius 1 is 1.19 bits per heavy atom. The predicted octanol–water partition coefficient (Wildman–Crippen LogP) is 3.46. The van der Waals surface area contributed by atoms with Crippen molar-refractivity contribution in [2.75, 3.05) is 0 Å². The van der Waals surface area contributed by atoms with Crippen molar-refractivity contribution in [3.8, 4) is 11.8 Å². The zero-order valence-electron chi connectivity index (χ0n) is 8.32. The summed E-state index contributed by atoms with van der Waals surface area (Å²) < 4.78 is 3.52. The van der Waals surface area contributed by atoms with Gasteiger partial charge in [-0.05, 0) is 44.0 Å². The molecule has 0 N–H and O–H groups in total. The molecule has 0 atom stereocenters. The summed E-state index contributed by atoms with van der Waals surface area (Å²) in [6.07, 6.45) is 0. The number of nitrogens with zero attached hydrogens (tertiary/aromatic N) is 2. The van der Waals surface area contributed by atoms with Crippen LogP contribution in [-0.2, 0) is 6.54 Å². The first-order chi connectivity index (χ1) is 7.75. The van der Waals surface area contributed by atoms with E-state index in [4.69, 9.17) is 0 Å². The third-order valence-corrected chi connectivity index (χ3v) is 2.96. The van der Waals surface area contributed by atoms with Gasteiger partial charge in [-0.25, -0.2) is 4.68 Å². The maximum Gasteiger partial charge on any atom is 0.129 e. The summed E-state index contributed by atoms with van der Waals surface area (Å²) in [5.41, 5.74) is 1.02. The van der Waals surface area contributed by atoms with E-state index in [2.05, 4.69) is 48.8 Å². The van der Waals surface area contributed by atoms with E-state index in [9.17, 15) is 0 Å². The Morgan fingerprint density at radius 2 is 1.94 bits per heavy atom. The molecule has 4 heteroatoms. The van der Waals surface area contributed by atoms with Crippen LogP contribution < -0.4 is 0 Å². The summed E-state index contributed by atoms with van der Waals surface area (Å²) in [5, 5.41) is 4.23. The average molecular weight is 340 g/mol. The lowest BCUT2D eigenvalue weighted by atomic mass is 10.2. The van der Waals surface area contributed by atoms with Gasteiger partial charge in [-0.3, -0.25) is 0 Å². The normalized spacial score (nSPS) is 9.62. The summed E-state index contributed by atoms with van der Waals surface area (Å²) in [4.78, 5) is 0. The first-order valence-electron chi connectivity index (χ1n) is 4.68. The first-order valence-corrected chi connectivity index (χ1v) is 6.27. The van der Waals surface area contributed by atoms with E-state index in [0.29, 0.717) is 6.54 Å². The lowest BCUT2D eigenvalue weighted by Crippen LogP contribution is -1.97. The summed E-state index contributed by atoms with van der Waals surface area (Å²) in [6.45, 7) is 0.571. The Morgan fingerprint density at radius 3 is 2.56 bits per heavy atom. The fraction of sp³-hybridized carbons (Fsp3) is 0.0833. The SMILES string of the molecule is Brc1cc(Br)n(CC#Cc2ccccc2)n1. The van der Waals surface area contributed by atoms with Crippen molar-refractivity contribution in [1.82, 2.24) is 9.78 Å². The van der Waals surface area contributed by atoms with Gasteiger partial charge < -0.3 is 0 Å². The minimum atomic E-state index is 0.571. The smallest absolute Gasteiger partial charge is 0.129 e. The minimum absolute atomic E-state index is 0.571. The molecule has 2 nitrogen and oxygen atoms in total. The molecular weight excluding hydrogens is 332 g/mol. The molecular formula is C12H8Br2N2. The summed E-state index contributed by atoms with van der Waals surface area (Å²) in [6, 6.07) is 11.8. The highest BCUT2D eigenvalue weighted by atomic mass is 79.9. The van der Waals surface area contributed by atoms with Crippen LogP contribution in [0.5, 0.6) is 0 Å². The van der Waals surface area contributed by atoms with Crippen LogP contribution in [-0.4, -0.2) is 9.78 Å². The Labute approximate surface area is 111 Å². The maximum atomic E-state index is 4.23. The lowest BCUT2D eigenvalue weighted by Gasteiger charge is -1.94. The van der Waals surface area contributed by atoms with Crippen molar-refractivity contribution in [3.05, 3.63) is 51.2 Å². The third-order valence-electron chi connectivity index (χ3n) is 1.94. The second kappa shape index (κ2) is 5.33. The van der Waals surface area contributed by atoms with Crippen LogP contribution in [0.4, 0.5) is 0 Å². The Balaban J connectivity index is 2.08. The molecule has 1 heterocycles. The molecule has 1 aromatic heterocycles. The number of rotatable bonds is 1. The maximum absolute atomic E-state index is 4.23. The molecule has 0 spiro atoms. The molecule has 0 bridgehead atoms. The van der Waals surface area contributed by atoms with Crippen LogP contribution in [0.25, 0.3) is 0 Å². The number of halogens is 2.